The van der Waals surface area contributed by atoms with Crippen molar-refractivity contribution in [3.63, 3.8) is 0 Å². The van der Waals surface area contributed by atoms with Crippen LogP contribution in [0.3, 0.4) is 0 Å². The summed E-state index contributed by atoms with van der Waals surface area (Å²) in [4.78, 5) is 20.7. The Labute approximate surface area is 96.8 Å². The van der Waals surface area contributed by atoms with Gasteiger partial charge in [0.05, 0.1) is 26.2 Å². The van der Waals surface area contributed by atoms with Crippen LogP contribution in [0, 0.1) is 0 Å². The maximum atomic E-state index is 11.5. The molecule has 0 bridgehead atoms. The number of aliphatic hydroxyl groups is 1. The van der Waals surface area contributed by atoms with E-state index in [2.05, 4.69) is 9.97 Å². The van der Waals surface area contributed by atoms with Crippen LogP contribution in [0.1, 0.15) is 6.42 Å². The van der Waals surface area contributed by atoms with E-state index in [1.807, 2.05) is 0 Å². The van der Waals surface area contributed by atoms with Crippen LogP contribution in [0.25, 0.3) is 0 Å². The van der Waals surface area contributed by atoms with Gasteiger partial charge in [0.15, 0.2) is 0 Å². The van der Waals surface area contributed by atoms with Crippen molar-refractivity contribution in [3.8, 4) is 5.88 Å². The molecule has 16 heavy (non-hydrogen) atoms. The Bertz CT molecular complexity index is 426. The van der Waals surface area contributed by atoms with E-state index in [0.29, 0.717) is 0 Å². The van der Waals surface area contributed by atoms with Crippen LogP contribution < -0.4 is 9.64 Å². The minimum Gasteiger partial charge on any atom is -0.481 e. The molecule has 7 heteroatoms. The number of amides is 1. The van der Waals surface area contributed by atoms with Crippen LogP contribution >= 0.6 is 11.6 Å². The lowest BCUT2D eigenvalue weighted by Gasteiger charge is -2.14. The number of nitrogens with zero attached hydrogens (tertiary/aromatic N) is 3. The second-order valence-electron chi connectivity index (χ2n) is 3.40. The molecule has 1 aliphatic rings. The highest BCUT2D eigenvalue weighted by Gasteiger charge is 2.31. The molecular formula is C9H10ClN3O3. The lowest BCUT2D eigenvalue weighted by Crippen LogP contribution is -2.27. The highest BCUT2D eigenvalue weighted by molar-refractivity contribution is 6.29. The minimum atomic E-state index is -0.680. The van der Waals surface area contributed by atoms with E-state index in [9.17, 15) is 9.90 Å². The lowest BCUT2D eigenvalue weighted by atomic mass is 10.3. The minimum absolute atomic E-state index is 0.0815. The molecule has 0 spiro atoms. The average molecular weight is 244 g/mol. The Morgan fingerprint density at radius 3 is 2.94 bits per heavy atom. The summed E-state index contributed by atoms with van der Waals surface area (Å²) in [6.07, 6.45) is -0.598. The summed E-state index contributed by atoms with van der Waals surface area (Å²) >= 11 is 5.76. The molecule has 1 N–H and O–H groups in total. The van der Waals surface area contributed by atoms with Crippen LogP contribution in [0.2, 0.25) is 5.15 Å². The normalized spacial score (nSPS) is 20.3. The molecular weight excluding hydrogens is 234 g/mol. The number of ether oxygens (including phenoxy) is 1. The van der Waals surface area contributed by atoms with Gasteiger partial charge in [0.1, 0.15) is 5.15 Å². The van der Waals surface area contributed by atoms with E-state index >= 15 is 0 Å². The van der Waals surface area contributed by atoms with Gasteiger partial charge < -0.3 is 9.84 Å². The monoisotopic (exact) mass is 243 g/mol. The number of carbonyl (C=O) groups excluding carboxylic acids is 1. The molecule has 1 amide bonds. The highest BCUT2D eigenvalue weighted by Crippen LogP contribution is 2.22. The molecule has 86 valence electrons. The molecule has 1 saturated heterocycles. The molecule has 1 aromatic rings. The molecule has 0 radical (unpaired) electrons. The van der Waals surface area contributed by atoms with Crippen molar-refractivity contribution in [1.29, 1.82) is 0 Å². The number of methoxy groups -OCH3 is 1. The molecule has 2 heterocycles. The van der Waals surface area contributed by atoms with E-state index in [0.717, 1.165) is 0 Å². The number of rotatable bonds is 2. The fourth-order valence-electron chi connectivity index (χ4n) is 1.49. The second-order valence-corrected chi connectivity index (χ2v) is 3.78. The summed E-state index contributed by atoms with van der Waals surface area (Å²) in [5.74, 6) is 0.215. The van der Waals surface area contributed by atoms with Crippen LogP contribution in [0.5, 0.6) is 5.88 Å². The summed E-state index contributed by atoms with van der Waals surface area (Å²) in [5, 5.41) is 9.54. The Kier molecular flexibility index (Phi) is 2.93. The largest absolute Gasteiger partial charge is 0.481 e. The first-order chi connectivity index (χ1) is 7.60. The quantitative estimate of drug-likeness (QED) is 0.753. The molecule has 0 saturated carbocycles. The molecule has 0 aliphatic carbocycles. The zero-order valence-corrected chi connectivity index (χ0v) is 9.31. The third kappa shape index (κ3) is 2.07. The van der Waals surface area contributed by atoms with E-state index in [1.54, 1.807) is 0 Å². The Morgan fingerprint density at radius 2 is 2.38 bits per heavy atom. The summed E-state index contributed by atoms with van der Waals surface area (Å²) in [7, 11) is 1.45. The second kappa shape index (κ2) is 4.23. The smallest absolute Gasteiger partial charge is 0.236 e. The van der Waals surface area contributed by atoms with Crippen molar-refractivity contribution >= 4 is 23.5 Å². The number of hydrogen-bond donors (Lipinski definition) is 1. The van der Waals surface area contributed by atoms with Gasteiger partial charge in [-0.3, -0.25) is 9.69 Å². The summed E-state index contributed by atoms with van der Waals surface area (Å²) in [6, 6.07) is 1.45. The molecule has 1 atom stereocenters. The van der Waals surface area contributed by atoms with Crippen molar-refractivity contribution in [3.05, 3.63) is 11.2 Å². The van der Waals surface area contributed by atoms with Crippen molar-refractivity contribution in [2.24, 2.45) is 0 Å². The SMILES string of the molecule is COc1cc(Cl)nc(N2CC(O)CC2=O)n1. The van der Waals surface area contributed by atoms with Gasteiger partial charge in [0, 0.05) is 6.07 Å². The predicted molar refractivity (Wildman–Crippen MR) is 56.6 cm³/mol. The predicted octanol–water partition coefficient (Wildman–Crippen LogP) is 0.236. The molecule has 2 rings (SSSR count). The third-order valence-corrected chi connectivity index (χ3v) is 2.41. The van der Waals surface area contributed by atoms with E-state index in [4.69, 9.17) is 16.3 Å². The number of carbonyl (C=O) groups is 1. The molecule has 1 fully saturated rings. The Hall–Kier alpha value is -1.40. The van der Waals surface area contributed by atoms with E-state index < -0.39 is 6.10 Å². The fraction of sp³-hybridized carbons (Fsp3) is 0.444. The first-order valence-corrected chi connectivity index (χ1v) is 5.05. The summed E-state index contributed by atoms with van der Waals surface area (Å²) in [5.41, 5.74) is 0. The van der Waals surface area contributed by atoms with Gasteiger partial charge >= 0.3 is 0 Å². The molecule has 1 aromatic heterocycles. The van der Waals surface area contributed by atoms with Gasteiger partial charge in [-0.25, -0.2) is 4.98 Å². The molecule has 1 aliphatic heterocycles. The van der Waals surface area contributed by atoms with Crippen molar-refractivity contribution < 1.29 is 14.6 Å². The van der Waals surface area contributed by atoms with Crippen LogP contribution in [0.4, 0.5) is 5.95 Å². The highest BCUT2D eigenvalue weighted by atomic mass is 35.5. The Balaban J connectivity index is 2.33. The topological polar surface area (TPSA) is 75.6 Å². The zero-order valence-electron chi connectivity index (χ0n) is 8.55. The molecule has 0 aromatic carbocycles. The van der Waals surface area contributed by atoms with Gasteiger partial charge in [-0.05, 0) is 0 Å². The number of halogens is 1. The van der Waals surface area contributed by atoms with Gasteiger partial charge in [-0.1, -0.05) is 11.6 Å². The maximum absolute atomic E-state index is 11.5. The first kappa shape index (κ1) is 11.1. The Morgan fingerprint density at radius 1 is 1.62 bits per heavy atom. The van der Waals surface area contributed by atoms with Crippen molar-refractivity contribution in [2.45, 2.75) is 12.5 Å². The van der Waals surface area contributed by atoms with E-state index in [1.165, 1.54) is 18.1 Å². The van der Waals surface area contributed by atoms with Gasteiger partial charge in [-0.15, -0.1) is 0 Å². The number of β-amino-alcohol motifs (C(OH)–C–C–N with tert-alkyl or cyclic N) is 1. The maximum Gasteiger partial charge on any atom is 0.236 e. The number of aromatic nitrogens is 2. The van der Waals surface area contributed by atoms with Gasteiger partial charge in [0.25, 0.3) is 0 Å². The lowest BCUT2D eigenvalue weighted by molar-refractivity contribution is -0.117. The molecule has 6 nitrogen and oxygen atoms in total. The fourth-order valence-corrected chi connectivity index (χ4v) is 1.66. The van der Waals surface area contributed by atoms with Crippen LogP contribution in [-0.2, 0) is 4.79 Å². The van der Waals surface area contributed by atoms with Crippen LogP contribution in [-0.4, -0.2) is 40.7 Å². The van der Waals surface area contributed by atoms with Crippen molar-refractivity contribution in [2.75, 3.05) is 18.6 Å². The van der Waals surface area contributed by atoms with Crippen molar-refractivity contribution in [1.82, 2.24) is 9.97 Å². The third-order valence-electron chi connectivity index (χ3n) is 2.21. The van der Waals surface area contributed by atoms with E-state index in [-0.39, 0.29) is 35.9 Å². The number of hydrogen-bond acceptors (Lipinski definition) is 5. The number of anilines is 1. The number of aliphatic hydroxyl groups excluding tert-OH is 1. The van der Waals surface area contributed by atoms with Crippen LogP contribution in [0.15, 0.2) is 6.07 Å². The first-order valence-electron chi connectivity index (χ1n) is 4.67. The average Bonchev–Trinajstić information content (AvgIpc) is 2.57. The zero-order chi connectivity index (χ0) is 11.7. The molecule has 1 unspecified atom stereocenters. The summed E-state index contributed by atoms with van der Waals surface area (Å²) < 4.78 is 4.92. The van der Waals surface area contributed by atoms with Gasteiger partial charge in [0.2, 0.25) is 17.7 Å². The summed E-state index contributed by atoms with van der Waals surface area (Å²) in [6.45, 7) is 0.183. The standard InChI is InChI=1S/C9H10ClN3O3/c1-16-7-3-6(10)11-9(12-7)13-4-5(14)2-8(13)15/h3,5,14H,2,4H2,1H3. The van der Waals surface area contributed by atoms with Gasteiger partial charge in [-0.2, -0.15) is 4.98 Å².